The van der Waals surface area contributed by atoms with Crippen LogP contribution in [0.25, 0.3) is 0 Å². The van der Waals surface area contributed by atoms with E-state index in [9.17, 15) is 0 Å². The average Bonchev–Trinajstić information content (AvgIpc) is 2.05. The SMILES string of the molecule is CC1(C)CNC2CCCC(C)(C)C2O1. The molecule has 0 bridgehead atoms. The number of hydrogen-bond donors (Lipinski definition) is 1. The van der Waals surface area contributed by atoms with Gasteiger partial charge in [-0.15, -0.1) is 0 Å². The number of rotatable bonds is 0. The summed E-state index contributed by atoms with van der Waals surface area (Å²) in [6.07, 6.45) is 4.32. The van der Waals surface area contributed by atoms with Crippen molar-refractivity contribution >= 4 is 0 Å². The van der Waals surface area contributed by atoms with Gasteiger partial charge in [-0.3, -0.25) is 0 Å². The van der Waals surface area contributed by atoms with E-state index in [0.29, 0.717) is 17.6 Å². The van der Waals surface area contributed by atoms with Gasteiger partial charge >= 0.3 is 0 Å². The van der Waals surface area contributed by atoms with Crippen molar-refractivity contribution in [1.29, 1.82) is 0 Å². The van der Waals surface area contributed by atoms with Crippen LogP contribution >= 0.6 is 0 Å². The standard InChI is InChI=1S/C12H23NO/c1-11(2)7-5-6-9-10(11)14-12(3,4)8-13-9/h9-10,13H,5-8H2,1-4H3. The van der Waals surface area contributed by atoms with E-state index in [2.05, 4.69) is 33.0 Å². The van der Waals surface area contributed by atoms with Crippen molar-refractivity contribution in [3.05, 3.63) is 0 Å². The zero-order valence-electron chi connectivity index (χ0n) is 9.89. The van der Waals surface area contributed by atoms with Crippen LogP contribution in [0.3, 0.4) is 0 Å². The van der Waals surface area contributed by atoms with Crippen LogP contribution in [0, 0.1) is 5.41 Å². The van der Waals surface area contributed by atoms with Gasteiger partial charge in [-0.25, -0.2) is 0 Å². The van der Waals surface area contributed by atoms with Crippen LogP contribution in [0.2, 0.25) is 0 Å². The zero-order valence-corrected chi connectivity index (χ0v) is 9.89. The Labute approximate surface area is 87.4 Å². The summed E-state index contributed by atoms with van der Waals surface area (Å²) in [6, 6.07) is 0.590. The van der Waals surface area contributed by atoms with E-state index < -0.39 is 0 Å². The minimum absolute atomic E-state index is 0.00970. The molecule has 1 saturated carbocycles. The summed E-state index contributed by atoms with van der Waals surface area (Å²) in [6.45, 7) is 10.0. The van der Waals surface area contributed by atoms with Crippen LogP contribution in [-0.2, 0) is 4.74 Å². The molecule has 2 nitrogen and oxygen atoms in total. The molecule has 14 heavy (non-hydrogen) atoms. The fourth-order valence-electron chi connectivity index (χ4n) is 2.83. The lowest BCUT2D eigenvalue weighted by molar-refractivity contribution is -0.171. The Morgan fingerprint density at radius 2 is 1.93 bits per heavy atom. The summed E-state index contributed by atoms with van der Waals surface area (Å²) in [5, 5.41) is 3.64. The van der Waals surface area contributed by atoms with Crippen LogP contribution < -0.4 is 5.32 Å². The summed E-state index contributed by atoms with van der Waals surface area (Å²) in [4.78, 5) is 0. The summed E-state index contributed by atoms with van der Waals surface area (Å²) in [5.41, 5.74) is 0.351. The molecule has 1 aliphatic heterocycles. The molecule has 2 unspecified atom stereocenters. The van der Waals surface area contributed by atoms with E-state index in [1.807, 2.05) is 0 Å². The normalized spacial score (nSPS) is 40.3. The van der Waals surface area contributed by atoms with E-state index in [4.69, 9.17) is 4.74 Å². The van der Waals surface area contributed by atoms with Gasteiger partial charge in [0.2, 0.25) is 0 Å². The monoisotopic (exact) mass is 197 g/mol. The molecule has 0 amide bonds. The Balaban J connectivity index is 2.14. The lowest BCUT2D eigenvalue weighted by Gasteiger charge is -2.51. The topological polar surface area (TPSA) is 21.3 Å². The summed E-state index contributed by atoms with van der Waals surface area (Å²) < 4.78 is 6.23. The molecule has 0 radical (unpaired) electrons. The maximum Gasteiger partial charge on any atom is 0.0786 e. The first kappa shape index (κ1) is 10.4. The van der Waals surface area contributed by atoms with Gasteiger partial charge in [0, 0.05) is 12.6 Å². The lowest BCUT2D eigenvalue weighted by Crippen LogP contribution is -2.62. The minimum Gasteiger partial charge on any atom is -0.369 e. The molecule has 1 heterocycles. The molecule has 0 aromatic carbocycles. The second-order valence-corrected chi connectivity index (χ2v) is 6.17. The second-order valence-electron chi connectivity index (χ2n) is 6.17. The maximum atomic E-state index is 6.23. The molecule has 2 atom stereocenters. The lowest BCUT2D eigenvalue weighted by atomic mass is 9.71. The summed E-state index contributed by atoms with van der Waals surface area (Å²) in [5.74, 6) is 0. The predicted molar refractivity (Wildman–Crippen MR) is 58.4 cm³/mol. The zero-order chi connectivity index (χ0) is 10.4. The molecule has 1 aliphatic carbocycles. The third-order valence-electron chi connectivity index (χ3n) is 3.71. The van der Waals surface area contributed by atoms with Crippen molar-refractivity contribution in [3.8, 4) is 0 Å². The van der Waals surface area contributed by atoms with Gasteiger partial charge in [0.25, 0.3) is 0 Å². The number of fused-ring (bicyclic) bond motifs is 1. The fraction of sp³-hybridized carbons (Fsp3) is 1.00. The van der Waals surface area contributed by atoms with Gasteiger partial charge < -0.3 is 10.1 Å². The van der Waals surface area contributed by atoms with Crippen LogP contribution in [0.15, 0.2) is 0 Å². The smallest absolute Gasteiger partial charge is 0.0786 e. The summed E-state index contributed by atoms with van der Waals surface area (Å²) in [7, 11) is 0. The highest BCUT2D eigenvalue weighted by Gasteiger charge is 2.45. The van der Waals surface area contributed by atoms with Crippen LogP contribution in [0.4, 0.5) is 0 Å². The van der Waals surface area contributed by atoms with E-state index in [1.165, 1.54) is 19.3 Å². The number of morpholine rings is 1. The Hall–Kier alpha value is -0.0800. The van der Waals surface area contributed by atoms with Crippen molar-refractivity contribution in [2.24, 2.45) is 5.41 Å². The molecule has 2 heteroatoms. The quantitative estimate of drug-likeness (QED) is 0.643. The fourth-order valence-corrected chi connectivity index (χ4v) is 2.83. The van der Waals surface area contributed by atoms with E-state index in [0.717, 1.165) is 6.54 Å². The van der Waals surface area contributed by atoms with Gasteiger partial charge in [0.15, 0.2) is 0 Å². The predicted octanol–water partition coefficient (Wildman–Crippen LogP) is 2.33. The summed E-state index contributed by atoms with van der Waals surface area (Å²) >= 11 is 0. The van der Waals surface area contributed by atoms with Crippen molar-refractivity contribution in [2.45, 2.75) is 64.7 Å². The highest BCUT2D eigenvalue weighted by Crippen LogP contribution is 2.41. The molecule has 1 saturated heterocycles. The van der Waals surface area contributed by atoms with Crippen LogP contribution in [0.1, 0.15) is 47.0 Å². The Bertz CT molecular complexity index is 222. The van der Waals surface area contributed by atoms with E-state index in [-0.39, 0.29) is 5.60 Å². The van der Waals surface area contributed by atoms with Crippen molar-refractivity contribution in [3.63, 3.8) is 0 Å². The van der Waals surface area contributed by atoms with Gasteiger partial charge in [-0.05, 0) is 32.1 Å². The van der Waals surface area contributed by atoms with Crippen molar-refractivity contribution < 1.29 is 4.74 Å². The number of ether oxygens (including phenoxy) is 1. The van der Waals surface area contributed by atoms with Gasteiger partial charge in [0.1, 0.15) is 0 Å². The minimum atomic E-state index is 0.00970. The molecule has 2 rings (SSSR count). The number of hydrogen-bond acceptors (Lipinski definition) is 2. The van der Waals surface area contributed by atoms with Gasteiger partial charge in [0.05, 0.1) is 11.7 Å². The first-order chi connectivity index (χ1) is 6.41. The van der Waals surface area contributed by atoms with E-state index in [1.54, 1.807) is 0 Å². The van der Waals surface area contributed by atoms with Crippen molar-refractivity contribution in [2.75, 3.05) is 6.54 Å². The Morgan fingerprint density at radius 3 is 2.64 bits per heavy atom. The highest BCUT2D eigenvalue weighted by atomic mass is 16.5. The molecular formula is C12H23NO. The van der Waals surface area contributed by atoms with Gasteiger partial charge in [-0.2, -0.15) is 0 Å². The number of nitrogens with one attached hydrogen (secondary N) is 1. The molecule has 2 fully saturated rings. The molecule has 1 N–H and O–H groups in total. The molecular weight excluding hydrogens is 174 g/mol. The Kier molecular flexibility index (Phi) is 2.39. The van der Waals surface area contributed by atoms with Crippen molar-refractivity contribution in [1.82, 2.24) is 5.32 Å². The molecule has 0 aromatic rings. The third kappa shape index (κ3) is 1.82. The molecule has 2 aliphatic rings. The molecule has 82 valence electrons. The average molecular weight is 197 g/mol. The maximum absolute atomic E-state index is 6.23. The second kappa shape index (κ2) is 3.21. The molecule has 0 spiro atoms. The third-order valence-corrected chi connectivity index (χ3v) is 3.71. The highest BCUT2D eigenvalue weighted by molar-refractivity contribution is 4.98. The van der Waals surface area contributed by atoms with Crippen LogP contribution in [-0.4, -0.2) is 24.3 Å². The van der Waals surface area contributed by atoms with Crippen LogP contribution in [0.5, 0.6) is 0 Å². The molecule has 0 aromatic heterocycles. The largest absolute Gasteiger partial charge is 0.369 e. The van der Waals surface area contributed by atoms with E-state index >= 15 is 0 Å². The first-order valence-corrected chi connectivity index (χ1v) is 5.82. The van der Waals surface area contributed by atoms with Gasteiger partial charge in [-0.1, -0.05) is 20.3 Å². The Morgan fingerprint density at radius 1 is 1.21 bits per heavy atom. The first-order valence-electron chi connectivity index (χ1n) is 5.82.